The van der Waals surface area contributed by atoms with E-state index in [-0.39, 0.29) is 10.7 Å². The van der Waals surface area contributed by atoms with Crippen LogP contribution in [0.4, 0.5) is 11.5 Å². The minimum atomic E-state index is -3.38. The molecule has 1 aromatic carbocycles. The molecule has 0 spiro atoms. The first kappa shape index (κ1) is 15.0. The zero-order valence-corrected chi connectivity index (χ0v) is 12.6. The van der Waals surface area contributed by atoms with Gasteiger partial charge in [-0.25, -0.2) is 13.4 Å². The van der Waals surface area contributed by atoms with Crippen molar-refractivity contribution in [2.24, 2.45) is 5.73 Å². The van der Waals surface area contributed by atoms with E-state index in [0.717, 1.165) is 6.26 Å². The lowest BCUT2D eigenvalue weighted by Crippen LogP contribution is -2.17. The summed E-state index contributed by atoms with van der Waals surface area (Å²) in [5.41, 5.74) is 6.74. The van der Waals surface area contributed by atoms with Crippen LogP contribution in [0.15, 0.2) is 47.5 Å². The number of hydrogen-bond donors (Lipinski definition) is 2. The van der Waals surface area contributed by atoms with Crippen molar-refractivity contribution in [3.63, 3.8) is 0 Å². The van der Waals surface area contributed by atoms with Crippen LogP contribution in [0.5, 0.6) is 0 Å². The van der Waals surface area contributed by atoms with E-state index in [1.165, 1.54) is 12.3 Å². The summed E-state index contributed by atoms with van der Waals surface area (Å²) < 4.78 is 23.7. The van der Waals surface area contributed by atoms with Gasteiger partial charge in [0.15, 0.2) is 15.7 Å². The van der Waals surface area contributed by atoms with Crippen molar-refractivity contribution in [3.05, 3.63) is 48.2 Å². The Hall–Kier alpha value is -2.41. The number of sulfone groups is 1. The third-order valence-corrected chi connectivity index (χ3v) is 4.13. The zero-order chi connectivity index (χ0) is 15.6. The summed E-state index contributed by atoms with van der Waals surface area (Å²) in [4.78, 5) is 5.97. The summed E-state index contributed by atoms with van der Waals surface area (Å²) >= 11 is 0. The second kappa shape index (κ2) is 5.53. The van der Waals surface area contributed by atoms with E-state index in [1.807, 2.05) is 0 Å². The maximum absolute atomic E-state index is 11.8. The van der Waals surface area contributed by atoms with Crippen LogP contribution in [0, 0.1) is 5.41 Å². The topological polar surface area (TPSA) is 100 Å². The third kappa shape index (κ3) is 3.19. The molecular weight excluding hydrogens is 288 g/mol. The molecule has 1 aromatic heterocycles. The van der Waals surface area contributed by atoms with E-state index in [9.17, 15) is 8.42 Å². The fourth-order valence-electron chi connectivity index (χ4n) is 1.93. The van der Waals surface area contributed by atoms with Crippen LogP contribution in [-0.2, 0) is 9.84 Å². The van der Waals surface area contributed by atoms with Gasteiger partial charge in [-0.1, -0.05) is 12.1 Å². The average molecular weight is 304 g/mol. The van der Waals surface area contributed by atoms with Crippen molar-refractivity contribution in [1.29, 1.82) is 5.41 Å². The number of nitrogen functional groups attached to an aromatic ring is 1. The van der Waals surface area contributed by atoms with E-state index in [2.05, 4.69) is 4.98 Å². The predicted molar refractivity (Wildman–Crippen MR) is 82.9 cm³/mol. The molecule has 0 saturated carbocycles. The quantitative estimate of drug-likeness (QED) is 0.659. The van der Waals surface area contributed by atoms with E-state index < -0.39 is 9.84 Å². The summed E-state index contributed by atoms with van der Waals surface area (Å²) in [5, 5.41) is 7.47. The predicted octanol–water partition coefficient (Wildman–Crippen LogP) is 1.54. The lowest BCUT2D eigenvalue weighted by molar-refractivity contribution is 0.601. The van der Waals surface area contributed by atoms with E-state index in [0.29, 0.717) is 17.1 Å². The number of nitrogens with one attached hydrogen (secondary N) is 1. The Bertz CT molecular complexity index is 787. The Morgan fingerprint density at radius 1 is 1.29 bits per heavy atom. The van der Waals surface area contributed by atoms with Crippen molar-refractivity contribution in [2.75, 3.05) is 18.2 Å². The van der Waals surface area contributed by atoms with Crippen LogP contribution >= 0.6 is 0 Å². The van der Waals surface area contributed by atoms with Gasteiger partial charge in [-0.15, -0.1) is 0 Å². The Balaban J connectivity index is 2.53. The minimum absolute atomic E-state index is 0.0467. The number of aromatic nitrogens is 1. The van der Waals surface area contributed by atoms with Gasteiger partial charge in [0.25, 0.3) is 0 Å². The average Bonchev–Trinajstić information content (AvgIpc) is 2.45. The minimum Gasteiger partial charge on any atom is -0.384 e. The monoisotopic (exact) mass is 304 g/mol. The fraction of sp³-hybridized carbons (Fsp3) is 0.143. The molecular formula is C14H16N4O2S. The number of pyridine rings is 1. The molecule has 110 valence electrons. The molecule has 0 fully saturated rings. The first-order chi connectivity index (χ1) is 9.80. The van der Waals surface area contributed by atoms with Gasteiger partial charge in [0.1, 0.15) is 10.7 Å². The van der Waals surface area contributed by atoms with Crippen molar-refractivity contribution in [2.45, 2.75) is 4.90 Å². The van der Waals surface area contributed by atoms with Crippen molar-refractivity contribution < 1.29 is 8.42 Å². The molecule has 3 N–H and O–H groups in total. The number of amidine groups is 1. The maximum atomic E-state index is 11.8. The van der Waals surface area contributed by atoms with E-state index in [4.69, 9.17) is 11.1 Å². The maximum Gasteiger partial charge on any atom is 0.179 e. The summed E-state index contributed by atoms with van der Waals surface area (Å²) in [6.07, 6.45) is 2.68. The Morgan fingerprint density at radius 2 is 2.00 bits per heavy atom. The molecule has 0 radical (unpaired) electrons. The van der Waals surface area contributed by atoms with Gasteiger partial charge < -0.3 is 10.6 Å². The highest BCUT2D eigenvalue weighted by molar-refractivity contribution is 7.90. The number of nitrogens with zero attached hydrogens (tertiary/aromatic N) is 2. The summed E-state index contributed by atoms with van der Waals surface area (Å²) in [6, 6.07) is 10.1. The molecule has 0 unspecified atom stereocenters. The van der Waals surface area contributed by atoms with Gasteiger partial charge in [0.05, 0.1) is 0 Å². The number of hydrogen-bond acceptors (Lipinski definition) is 5. The first-order valence-electron chi connectivity index (χ1n) is 6.14. The van der Waals surface area contributed by atoms with Crippen LogP contribution in [0.3, 0.4) is 0 Å². The van der Waals surface area contributed by atoms with Gasteiger partial charge in [-0.05, 0) is 24.3 Å². The molecule has 2 rings (SSSR count). The first-order valence-corrected chi connectivity index (χ1v) is 8.03. The van der Waals surface area contributed by atoms with Crippen molar-refractivity contribution in [1.82, 2.24) is 4.98 Å². The lowest BCUT2D eigenvalue weighted by Gasteiger charge is -2.21. The Morgan fingerprint density at radius 3 is 2.62 bits per heavy atom. The Kier molecular flexibility index (Phi) is 3.95. The van der Waals surface area contributed by atoms with Gasteiger partial charge >= 0.3 is 0 Å². The molecule has 1 heterocycles. The standard InChI is InChI=1S/C14H16N4O2S/c1-18(11-6-3-5-10(9-11)13(15)16)14-12(21(2,19)20)7-4-8-17-14/h3-9H,1-2H3,(H3,15,16). The number of rotatable bonds is 4. The van der Waals surface area contributed by atoms with Crippen LogP contribution in [0.1, 0.15) is 5.56 Å². The van der Waals surface area contributed by atoms with Gasteiger partial charge in [-0.2, -0.15) is 0 Å². The summed E-state index contributed by atoms with van der Waals surface area (Å²) in [6.45, 7) is 0. The summed E-state index contributed by atoms with van der Waals surface area (Å²) in [5.74, 6) is 0.287. The van der Waals surface area contributed by atoms with Gasteiger partial charge in [0, 0.05) is 30.8 Å². The molecule has 0 aliphatic rings. The smallest absolute Gasteiger partial charge is 0.179 e. The molecule has 6 nitrogen and oxygen atoms in total. The lowest BCUT2D eigenvalue weighted by atomic mass is 10.2. The van der Waals surface area contributed by atoms with Gasteiger partial charge in [0.2, 0.25) is 0 Å². The normalized spacial score (nSPS) is 11.1. The highest BCUT2D eigenvalue weighted by Gasteiger charge is 2.18. The second-order valence-electron chi connectivity index (χ2n) is 4.62. The molecule has 0 amide bonds. The highest BCUT2D eigenvalue weighted by atomic mass is 32.2. The van der Waals surface area contributed by atoms with Crippen LogP contribution in [-0.4, -0.2) is 32.5 Å². The van der Waals surface area contributed by atoms with Crippen LogP contribution in [0.25, 0.3) is 0 Å². The Labute approximate surface area is 123 Å². The number of anilines is 2. The molecule has 0 saturated heterocycles. The zero-order valence-electron chi connectivity index (χ0n) is 11.7. The fourth-order valence-corrected chi connectivity index (χ4v) is 2.77. The SMILES string of the molecule is CN(c1cccc(C(=N)N)c1)c1ncccc1S(C)(=O)=O. The van der Waals surface area contributed by atoms with E-state index in [1.54, 1.807) is 42.3 Å². The molecule has 0 atom stereocenters. The van der Waals surface area contributed by atoms with Crippen LogP contribution < -0.4 is 10.6 Å². The number of benzene rings is 1. The highest BCUT2D eigenvalue weighted by Crippen LogP contribution is 2.28. The van der Waals surface area contributed by atoms with E-state index >= 15 is 0 Å². The number of nitrogens with two attached hydrogens (primary N) is 1. The summed E-state index contributed by atoms with van der Waals surface area (Å²) in [7, 11) is -1.67. The van der Waals surface area contributed by atoms with Gasteiger partial charge in [-0.3, -0.25) is 5.41 Å². The molecule has 7 heteroatoms. The molecule has 0 aliphatic carbocycles. The molecule has 2 aromatic rings. The molecule has 0 aliphatic heterocycles. The molecule has 21 heavy (non-hydrogen) atoms. The molecule has 0 bridgehead atoms. The van der Waals surface area contributed by atoms with Crippen molar-refractivity contribution in [3.8, 4) is 0 Å². The van der Waals surface area contributed by atoms with Crippen molar-refractivity contribution >= 4 is 27.2 Å². The van der Waals surface area contributed by atoms with Crippen LogP contribution in [0.2, 0.25) is 0 Å². The largest absolute Gasteiger partial charge is 0.384 e. The second-order valence-corrected chi connectivity index (χ2v) is 6.60. The third-order valence-electron chi connectivity index (χ3n) is 3.01.